The van der Waals surface area contributed by atoms with Gasteiger partial charge in [-0.1, -0.05) is 36.6 Å². The van der Waals surface area contributed by atoms with E-state index in [1.165, 1.54) is 0 Å². The fourth-order valence-electron chi connectivity index (χ4n) is 2.52. The first-order chi connectivity index (χ1) is 10.7. The van der Waals surface area contributed by atoms with Crippen molar-refractivity contribution in [2.75, 3.05) is 0 Å². The van der Waals surface area contributed by atoms with Crippen LogP contribution in [0, 0.1) is 11.8 Å². The summed E-state index contributed by atoms with van der Waals surface area (Å²) < 4.78 is 5.88. The van der Waals surface area contributed by atoms with E-state index in [0.29, 0.717) is 13.0 Å². The van der Waals surface area contributed by atoms with E-state index >= 15 is 0 Å². The van der Waals surface area contributed by atoms with Crippen LogP contribution in [0.5, 0.6) is 0 Å². The molecule has 1 aromatic carbocycles. The van der Waals surface area contributed by atoms with Gasteiger partial charge in [0.15, 0.2) is 0 Å². The van der Waals surface area contributed by atoms with Crippen molar-refractivity contribution in [1.82, 2.24) is 0 Å². The van der Waals surface area contributed by atoms with E-state index in [1.54, 1.807) is 0 Å². The van der Waals surface area contributed by atoms with Crippen LogP contribution in [0.25, 0.3) is 0 Å². The van der Waals surface area contributed by atoms with Gasteiger partial charge in [-0.15, -0.1) is 5.92 Å². The molecule has 0 aliphatic heterocycles. The van der Waals surface area contributed by atoms with Crippen LogP contribution >= 0.6 is 0 Å². The van der Waals surface area contributed by atoms with E-state index in [4.69, 9.17) is 16.2 Å². The molecule has 0 fully saturated rings. The smallest absolute Gasteiger partial charge is 0.246 e. The van der Waals surface area contributed by atoms with Gasteiger partial charge in [-0.2, -0.15) is 0 Å². The number of benzene rings is 1. The van der Waals surface area contributed by atoms with Gasteiger partial charge >= 0.3 is 0 Å². The Bertz CT molecular complexity index is 542. The summed E-state index contributed by atoms with van der Waals surface area (Å²) in [6.07, 6.45) is 4.80. The van der Waals surface area contributed by atoms with Gasteiger partial charge in [0, 0.05) is 19.4 Å². The average molecular weight is 300 g/mol. The van der Waals surface area contributed by atoms with E-state index in [9.17, 15) is 4.79 Å². The fourth-order valence-corrected chi connectivity index (χ4v) is 2.52. The third-order valence-corrected chi connectivity index (χ3v) is 3.86. The first-order valence-corrected chi connectivity index (χ1v) is 7.90. The Kier molecular flexibility index (Phi) is 6.45. The number of carbonyl (C=O) groups is 1. The Labute approximate surface area is 132 Å². The van der Waals surface area contributed by atoms with Gasteiger partial charge in [0.05, 0.1) is 0 Å². The summed E-state index contributed by atoms with van der Waals surface area (Å²) in [6, 6.07) is 7.85. The number of hydrogen-bond donors (Lipinski definition) is 2. The maximum absolute atomic E-state index is 11.7. The first kappa shape index (κ1) is 16.5. The molecule has 4 heteroatoms. The third-order valence-electron chi connectivity index (χ3n) is 3.86. The van der Waals surface area contributed by atoms with E-state index in [2.05, 4.69) is 11.8 Å². The van der Waals surface area contributed by atoms with Crippen LogP contribution in [0.1, 0.15) is 43.2 Å². The molecule has 2 atom stereocenters. The Morgan fingerprint density at radius 2 is 1.95 bits per heavy atom. The second kappa shape index (κ2) is 8.57. The van der Waals surface area contributed by atoms with Crippen molar-refractivity contribution >= 4 is 5.91 Å². The van der Waals surface area contributed by atoms with E-state index in [0.717, 1.165) is 43.2 Å². The van der Waals surface area contributed by atoms with Crippen molar-refractivity contribution in [3.63, 3.8) is 0 Å². The lowest BCUT2D eigenvalue weighted by Gasteiger charge is -2.20. The van der Waals surface area contributed by atoms with Crippen molar-refractivity contribution < 1.29 is 9.53 Å². The summed E-state index contributed by atoms with van der Waals surface area (Å²) in [5.74, 6) is 5.80. The monoisotopic (exact) mass is 300 g/mol. The summed E-state index contributed by atoms with van der Waals surface area (Å²) >= 11 is 0. The summed E-state index contributed by atoms with van der Waals surface area (Å²) in [7, 11) is 0. The first-order valence-electron chi connectivity index (χ1n) is 7.90. The average Bonchev–Trinajstić information content (AvgIpc) is 2.49. The minimum atomic E-state index is -0.637. The Morgan fingerprint density at radius 3 is 2.64 bits per heavy atom. The third kappa shape index (κ3) is 5.18. The molecule has 0 spiro atoms. The van der Waals surface area contributed by atoms with Gasteiger partial charge in [0.2, 0.25) is 5.91 Å². The molecule has 0 saturated carbocycles. The number of ether oxygens (including phenoxy) is 1. The van der Waals surface area contributed by atoms with Crippen LogP contribution < -0.4 is 11.5 Å². The molecular formula is C18H24N2O2. The lowest BCUT2D eigenvalue weighted by Crippen LogP contribution is -2.36. The predicted octanol–water partition coefficient (Wildman–Crippen LogP) is 1.89. The van der Waals surface area contributed by atoms with Crippen LogP contribution in [0.2, 0.25) is 0 Å². The highest BCUT2D eigenvalue weighted by atomic mass is 16.5. The minimum Gasteiger partial charge on any atom is -0.367 e. The number of rotatable bonds is 6. The predicted molar refractivity (Wildman–Crippen MR) is 86.8 cm³/mol. The highest BCUT2D eigenvalue weighted by Gasteiger charge is 2.21. The van der Waals surface area contributed by atoms with Crippen LogP contribution in [-0.4, -0.2) is 18.1 Å². The molecule has 4 nitrogen and oxygen atoms in total. The largest absolute Gasteiger partial charge is 0.367 e. The highest BCUT2D eigenvalue weighted by Crippen LogP contribution is 2.15. The van der Waals surface area contributed by atoms with Crippen molar-refractivity contribution in [1.29, 1.82) is 0 Å². The zero-order valence-corrected chi connectivity index (χ0v) is 12.9. The van der Waals surface area contributed by atoms with Crippen LogP contribution in [-0.2, 0) is 22.5 Å². The fraction of sp³-hybridized carbons (Fsp3) is 0.500. The number of carbonyl (C=O) groups excluding carboxylic acids is 1. The second-order valence-electron chi connectivity index (χ2n) is 5.66. The van der Waals surface area contributed by atoms with E-state index in [1.807, 2.05) is 24.3 Å². The van der Waals surface area contributed by atoms with Crippen LogP contribution in [0.4, 0.5) is 0 Å². The zero-order valence-electron chi connectivity index (χ0n) is 12.9. The molecule has 0 heterocycles. The van der Waals surface area contributed by atoms with Crippen LogP contribution in [0.15, 0.2) is 24.3 Å². The molecule has 4 N–H and O–H groups in total. The molecule has 118 valence electrons. The normalized spacial score (nSPS) is 19.4. The molecule has 0 aromatic heterocycles. The molecule has 2 rings (SSSR count). The molecule has 1 amide bonds. The molecule has 0 radical (unpaired) electrons. The Balaban J connectivity index is 2.00. The second-order valence-corrected chi connectivity index (χ2v) is 5.66. The standard InChI is InChI=1S/C18H24N2O2/c19-13-15-10-8-14(9-11-15)12-17(18(20)21)22-16-6-4-2-1-3-5-7-16/h8-11,16-17H,1-4,6,12-13,19H2,(H2,20,21). The van der Waals surface area contributed by atoms with Crippen molar-refractivity contribution in [3.05, 3.63) is 35.4 Å². The number of hydrogen-bond acceptors (Lipinski definition) is 3. The molecule has 1 aromatic rings. The highest BCUT2D eigenvalue weighted by molar-refractivity contribution is 5.79. The SMILES string of the molecule is NCc1ccc(CC(OC2C#CCCCCC2)C(N)=O)cc1. The molecule has 2 unspecified atom stereocenters. The summed E-state index contributed by atoms with van der Waals surface area (Å²) in [6.45, 7) is 0.508. The Hall–Kier alpha value is -1.83. The van der Waals surface area contributed by atoms with Gasteiger partial charge in [0.1, 0.15) is 12.2 Å². The molecule has 0 bridgehead atoms. The maximum Gasteiger partial charge on any atom is 0.246 e. The zero-order chi connectivity index (χ0) is 15.8. The summed E-state index contributed by atoms with van der Waals surface area (Å²) in [5.41, 5.74) is 13.2. The lowest BCUT2D eigenvalue weighted by atomic mass is 10.0. The summed E-state index contributed by atoms with van der Waals surface area (Å²) in [5, 5.41) is 0. The quantitative estimate of drug-likeness (QED) is 0.788. The number of amides is 1. The molecule has 0 saturated heterocycles. The van der Waals surface area contributed by atoms with Gasteiger partial charge in [-0.05, 0) is 30.4 Å². The minimum absolute atomic E-state index is 0.193. The Morgan fingerprint density at radius 1 is 1.23 bits per heavy atom. The van der Waals surface area contributed by atoms with Crippen molar-refractivity contribution in [3.8, 4) is 11.8 Å². The van der Waals surface area contributed by atoms with Crippen LogP contribution in [0.3, 0.4) is 0 Å². The summed E-state index contributed by atoms with van der Waals surface area (Å²) in [4.78, 5) is 11.7. The van der Waals surface area contributed by atoms with E-state index in [-0.39, 0.29) is 6.10 Å². The molecular weight excluding hydrogens is 276 g/mol. The van der Waals surface area contributed by atoms with Crippen molar-refractivity contribution in [2.24, 2.45) is 11.5 Å². The van der Waals surface area contributed by atoms with Gasteiger partial charge in [-0.25, -0.2) is 0 Å². The molecule has 1 aliphatic rings. The van der Waals surface area contributed by atoms with Gasteiger partial charge in [-0.3, -0.25) is 4.79 Å². The van der Waals surface area contributed by atoms with Gasteiger partial charge < -0.3 is 16.2 Å². The van der Waals surface area contributed by atoms with Crippen molar-refractivity contribution in [2.45, 2.75) is 57.3 Å². The topological polar surface area (TPSA) is 78.3 Å². The molecule has 22 heavy (non-hydrogen) atoms. The lowest BCUT2D eigenvalue weighted by molar-refractivity contribution is -0.131. The number of primary amides is 1. The van der Waals surface area contributed by atoms with E-state index < -0.39 is 12.0 Å². The molecule has 1 aliphatic carbocycles. The van der Waals surface area contributed by atoms with Gasteiger partial charge in [0.25, 0.3) is 0 Å². The number of nitrogens with two attached hydrogens (primary N) is 2. The maximum atomic E-state index is 11.7.